The fraction of sp³-hybridized carbons (Fsp3) is 1.00. The topological polar surface area (TPSA) is 328 Å². The summed E-state index contributed by atoms with van der Waals surface area (Å²) >= 11 is 0. The lowest BCUT2D eigenvalue weighted by Gasteiger charge is -2.48. The molecule has 4 aliphatic rings. The molecule has 0 aromatic rings. The maximum atomic E-state index is 11.3. The second-order valence-corrected chi connectivity index (χ2v) is 11.2. The maximum Gasteiger partial charge on any atom is 0.187 e. The molecule has 0 saturated carbocycles. The Morgan fingerprint density at radius 3 is 1.45 bits per heavy atom. The van der Waals surface area contributed by atoms with E-state index in [0.29, 0.717) is 0 Å². The molecule has 4 rings (SSSR count). The van der Waals surface area contributed by atoms with Crippen molar-refractivity contribution in [2.75, 3.05) is 19.8 Å². The van der Waals surface area contributed by atoms with Gasteiger partial charge in [0.1, 0.15) is 91.6 Å². The summed E-state index contributed by atoms with van der Waals surface area (Å²) in [6.45, 7) is -0.895. The van der Waals surface area contributed by atoms with Crippen LogP contribution in [0, 0.1) is 0 Å². The minimum absolute atomic E-state index is 0.697. The Morgan fingerprint density at radius 2 is 0.909 bits per heavy atom. The van der Waals surface area contributed by atoms with Crippen molar-refractivity contribution < 1.29 is 99.5 Å². The first-order valence-electron chi connectivity index (χ1n) is 14.0. The Morgan fingerprint density at radius 1 is 0.455 bits per heavy atom. The molecule has 4 fully saturated rings. The Bertz CT molecular complexity index is 896. The van der Waals surface area contributed by atoms with Gasteiger partial charge in [0.25, 0.3) is 0 Å². The quantitative estimate of drug-likeness (QED) is 0.110. The standard InChI is InChI=1S/C24H42O20/c1-5-9(27)12(30)16(34)23(39-5)43-19-8(4-38-22-15(33)13(31)10(28)6(2-25)41-22)40-21(37)20(18(19)36)44-24-17(35)14(32)11(29)7(3-26)42-24/h5-37H,2-4H2,1H3/t5-,6+,7+,8+,9-,10+,11+,12+,13-,14-,15+,16+,17+,18-,19+,20+,21?,22+,23-,24-/m0/s1. The fourth-order valence-electron chi connectivity index (χ4n) is 5.37. The van der Waals surface area contributed by atoms with E-state index in [2.05, 4.69) is 0 Å². The summed E-state index contributed by atoms with van der Waals surface area (Å²) in [5.41, 5.74) is 0. The van der Waals surface area contributed by atoms with E-state index < -0.39 is 143 Å². The number of hydrogen-bond acceptors (Lipinski definition) is 20. The Hall–Kier alpha value is -0.800. The van der Waals surface area contributed by atoms with Crippen LogP contribution in [0.5, 0.6) is 0 Å². The molecular weight excluding hydrogens is 608 g/mol. The third kappa shape index (κ3) is 7.19. The molecule has 20 heteroatoms. The predicted octanol–water partition coefficient (Wildman–Crippen LogP) is -8.72. The minimum Gasteiger partial charge on any atom is -0.394 e. The van der Waals surface area contributed by atoms with Gasteiger partial charge in [0, 0.05) is 0 Å². The predicted molar refractivity (Wildman–Crippen MR) is 132 cm³/mol. The van der Waals surface area contributed by atoms with Crippen LogP contribution in [0.4, 0.5) is 0 Å². The molecule has 0 aromatic heterocycles. The highest BCUT2D eigenvalue weighted by molar-refractivity contribution is 4.96. The third-order valence-electron chi connectivity index (χ3n) is 8.15. The van der Waals surface area contributed by atoms with Crippen LogP contribution in [-0.4, -0.2) is 209 Å². The molecular formula is C24H42O20. The average molecular weight is 651 g/mol. The Labute approximate surface area is 249 Å². The van der Waals surface area contributed by atoms with Gasteiger partial charge in [-0.1, -0.05) is 0 Å². The van der Waals surface area contributed by atoms with Gasteiger partial charge in [0.05, 0.1) is 25.9 Å². The van der Waals surface area contributed by atoms with Crippen molar-refractivity contribution in [1.82, 2.24) is 0 Å². The highest BCUT2D eigenvalue weighted by atomic mass is 16.8. The summed E-state index contributed by atoms with van der Waals surface area (Å²) in [5.74, 6) is 0. The van der Waals surface area contributed by atoms with Crippen LogP contribution in [-0.2, 0) is 33.2 Å². The molecule has 20 nitrogen and oxygen atoms in total. The molecule has 0 aliphatic carbocycles. The van der Waals surface area contributed by atoms with Gasteiger partial charge in [0.15, 0.2) is 25.2 Å². The van der Waals surface area contributed by atoms with Gasteiger partial charge in [-0.05, 0) is 6.92 Å². The normalized spacial score (nSPS) is 53.9. The van der Waals surface area contributed by atoms with Gasteiger partial charge >= 0.3 is 0 Å². The van der Waals surface area contributed by atoms with Crippen molar-refractivity contribution in [3.8, 4) is 0 Å². The molecule has 0 bridgehead atoms. The van der Waals surface area contributed by atoms with Crippen LogP contribution in [0.25, 0.3) is 0 Å². The molecule has 0 amide bonds. The lowest BCUT2D eigenvalue weighted by molar-refractivity contribution is -0.386. The molecule has 44 heavy (non-hydrogen) atoms. The first-order chi connectivity index (χ1) is 20.7. The molecule has 1 unspecified atom stereocenters. The highest BCUT2D eigenvalue weighted by Crippen LogP contribution is 2.33. The summed E-state index contributed by atoms with van der Waals surface area (Å²) < 4.78 is 38.2. The fourth-order valence-corrected chi connectivity index (χ4v) is 5.37. The highest BCUT2D eigenvalue weighted by Gasteiger charge is 2.54. The number of ether oxygens (including phenoxy) is 7. The second kappa shape index (κ2) is 15.0. The third-order valence-corrected chi connectivity index (χ3v) is 8.15. The zero-order valence-electron chi connectivity index (χ0n) is 23.3. The largest absolute Gasteiger partial charge is 0.394 e. The minimum atomic E-state index is -2.05. The van der Waals surface area contributed by atoms with E-state index in [1.54, 1.807) is 0 Å². The average Bonchev–Trinajstić information content (AvgIpc) is 3.00. The number of rotatable bonds is 9. The van der Waals surface area contributed by atoms with Crippen molar-refractivity contribution in [2.24, 2.45) is 0 Å². The molecule has 0 radical (unpaired) electrons. The molecule has 13 N–H and O–H groups in total. The summed E-state index contributed by atoms with van der Waals surface area (Å²) in [5, 5.41) is 132. The van der Waals surface area contributed by atoms with E-state index in [4.69, 9.17) is 33.2 Å². The first kappa shape index (κ1) is 36.0. The van der Waals surface area contributed by atoms with Crippen molar-refractivity contribution in [3.05, 3.63) is 0 Å². The maximum absolute atomic E-state index is 11.3. The lowest BCUT2D eigenvalue weighted by Crippen LogP contribution is -2.66. The monoisotopic (exact) mass is 650 g/mol. The van der Waals surface area contributed by atoms with E-state index >= 15 is 0 Å². The van der Waals surface area contributed by atoms with Crippen LogP contribution < -0.4 is 0 Å². The second-order valence-electron chi connectivity index (χ2n) is 11.2. The van der Waals surface area contributed by atoms with Gasteiger partial charge < -0.3 is 99.5 Å². The SMILES string of the molecule is C[C@@H]1O[C@@H](O[C@H]2[C@H](O)[C@@H](O[C@@H]3O[C@H](CO)[C@@H](O)[C@H](O)[C@H]3O)C(O)O[C@@H]2CO[C@@H]2O[C@H](CO)[C@@H](O)[C@H](O)[C@H]2O)[C@H](O)[C@H](O)[C@H]1O. The van der Waals surface area contributed by atoms with Crippen LogP contribution in [0.2, 0.25) is 0 Å². The smallest absolute Gasteiger partial charge is 0.187 e. The number of aliphatic hydroxyl groups excluding tert-OH is 13. The number of aliphatic hydroxyl groups is 13. The van der Waals surface area contributed by atoms with Crippen LogP contribution in [0.1, 0.15) is 6.92 Å². The molecule has 0 aromatic carbocycles. The first-order valence-corrected chi connectivity index (χ1v) is 14.0. The Balaban J connectivity index is 1.54. The van der Waals surface area contributed by atoms with E-state index in [-0.39, 0.29) is 0 Å². The molecule has 258 valence electrons. The molecule has 20 atom stereocenters. The molecule has 0 spiro atoms. The lowest BCUT2D eigenvalue weighted by atomic mass is 9.96. The van der Waals surface area contributed by atoms with Gasteiger partial charge in [-0.3, -0.25) is 0 Å². The van der Waals surface area contributed by atoms with Crippen molar-refractivity contribution in [3.63, 3.8) is 0 Å². The van der Waals surface area contributed by atoms with Gasteiger partial charge in [0.2, 0.25) is 0 Å². The van der Waals surface area contributed by atoms with E-state index in [1.165, 1.54) is 6.92 Å². The summed E-state index contributed by atoms with van der Waals surface area (Å²) in [6.07, 6.45) is -34.1. The van der Waals surface area contributed by atoms with Gasteiger partial charge in [-0.2, -0.15) is 0 Å². The van der Waals surface area contributed by atoms with Crippen LogP contribution >= 0.6 is 0 Å². The molecule has 4 heterocycles. The zero-order chi connectivity index (χ0) is 32.6. The number of hydrogen-bond donors (Lipinski definition) is 13. The van der Waals surface area contributed by atoms with E-state index in [1.807, 2.05) is 0 Å². The van der Waals surface area contributed by atoms with Crippen molar-refractivity contribution >= 4 is 0 Å². The van der Waals surface area contributed by atoms with E-state index in [0.717, 1.165) is 0 Å². The Kier molecular flexibility index (Phi) is 12.3. The molecule has 4 saturated heterocycles. The van der Waals surface area contributed by atoms with E-state index in [9.17, 15) is 66.4 Å². The summed E-state index contributed by atoms with van der Waals surface area (Å²) in [7, 11) is 0. The van der Waals surface area contributed by atoms with Crippen molar-refractivity contribution in [2.45, 2.75) is 130 Å². The van der Waals surface area contributed by atoms with Gasteiger partial charge in [-0.25, -0.2) is 0 Å². The van der Waals surface area contributed by atoms with Crippen LogP contribution in [0.15, 0.2) is 0 Å². The molecule has 4 aliphatic heterocycles. The zero-order valence-corrected chi connectivity index (χ0v) is 23.3. The van der Waals surface area contributed by atoms with Crippen molar-refractivity contribution in [1.29, 1.82) is 0 Å². The van der Waals surface area contributed by atoms with Crippen LogP contribution in [0.3, 0.4) is 0 Å². The summed E-state index contributed by atoms with van der Waals surface area (Å²) in [6, 6.07) is 0. The van der Waals surface area contributed by atoms with Gasteiger partial charge in [-0.15, -0.1) is 0 Å². The summed E-state index contributed by atoms with van der Waals surface area (Å²) in [4.78, 5) is 0.